The molecule has 0 spiro atoms. The van der Waals surface area contributed by atoms with Crippen molar-refractivity contribution in [2.45, 2.75) is 13.8 Å². The van der Waals surface area contributed by atoms with Crippen LogP contribution in [0.1, 0.15) is 13.8 Å². The van der Waals surface area contributed by atoms with E-state index in [9.17, 15) is 4.79 Å². The van der Waals surface area contributed by atoms with Gasteiger partial charge in [0.1, 0.15) is 5.75 Å². The molecule has 18 heavy (non-hydrogen) atoms. The van der Waals surface area contributed by atoms with Crippen molar-refractivity contribution in [1.29, 1.82) is 0 Å². The summed E-state index contributed by atoms with van der Waals surface area (Å²) in [7, 11) is 1.57. The summed E-state index contributed by atoms with van der Waals surface area (Å²) in [5.74, 6) is 0.664. The minimum atomic E-state index is 0.0576. The van der Waals surface area contributed by atoms with Gasteiger partial charge in [-0.2, -0.15) is 0 Å². The van der Waals surface area contributed by atoms with Gasteiger partial charge in [0.2, 0.25) is 5.91 Å². The van der Waals surface area contributed by atoms with Crippen LogP contribution in [0, 0.1) is 0 Å². The number of carbonyl (C=O) groups excluding carboxylic acids is 1. The van der Waals surface area contributed by atoms with E-state index in [1.807, 2.05) is 26.0 Å². The van der Waals surface area contributed by atoms with Crippen LogP contribution in [0.4, 0.5) is 11.4 Å². The van der Waals surface area contributed by atoms with Crippen molar-refractivity contribution in [2.24, 2.45) is 0 Å². The standard InChI is InChI=1S/C13H21N3O2/c1-4-16(5-2)12(17)9-15-10-7-6-8-11(18-3)13(10)14/h6-8,15H,4-5,9,14H2,1-3H3. The van der Waals surface area contributed by atoms with Gasteiger partial charge >= 0.3 is 0 Å². The zero-order chi connectivity index (χ0) is 13.5. The number of nitrogens with zero attached hydrogens (tertiary/aromatic N) is 1. The fourth-order valence-corrected chi connectivity index (χ4v) is 1.74. The second-order valence-corrected chi connectivity index (χ2v) is 3.84. The summed E-state index contributed by atoms with van der Waals surface area (Å²) in [4.78, 5) is 13.6. The van der Waals surface area contributed by atoms with Crippen molar-refractivity contribution in [1.82, 2.24) is 4.90 Å². The number of benzene rings is 1. The average Bonchev–Trinajstić information content (AvgIpc) is 2.39. The van der Waals surface area contributed by atoms with E-state index < -0.39 is 0 Å². The molecule has 1 aromatic rings. The molecule has 0 saturated heterocycles. The maximum Gasteiger partial charge on any atom is 0.241 e. The molecule has 1 aromatic carbocycles. The van der Waals surface area contributed by atoms with Crippen molar-refractivity contribution in [3.8, 4) is 5.75 Å². The molecule has 0 aliphatic heterocycles. The first kappa shape index (κ1) is 14.2. The molecule has 0 saturated carbocycles. The SMILES string of the molecule is CCN(CC)C(=O)CNc1cccc(OC)c1N. The van der Waals surface area contributed by atoms with Crippen LogP contribution in [0.25, 0.3) is 0 Å². The molecule has 0 aliphatic rings. The molecule has 5 heteroatoms. The minimum Gasteiger partial charge on any atom is -0.495 e. The Balaban J connectivity index is 2.66. The number of hydrogen-bond acceptors (Lipinski definition) is 4. The molecule has 0 radical (unpaired) electrons. The molecule has 100 valence electrons. The van der Waals surface area contributed by atoms with Crippen molar-refractivity contribution in [3.63, 3.8) is 0 Å². The van der Waals surface area contributed by atoms with Gasteiger partial charge < -0.3 is 20.7 Å². The van der Waals surface area contributed by atoms with Crippen LogP contribution >= 0.6 is 0 Å². The van der Waals surface area contributed by atoms with Gasteiger partial charge in [0, 0.05) is 13.1 Å². The fraction of sp³-hybridized carbons (Fsp3) is 0.462. The van der Waals surface area contributed by atoms with Gasteiger partial charge in [-0.1, -0.05) is 6.07 Å². The van der Waals surface area contributed by atoms with Crippen LogP contribution in [-0.2, 0) is 4.79 Å². The molecule has 0 fully saturated rings. The number of nitrogen functional groups attached to an aromatic ring is 1. The number of rotatable bonds is 6. The van der Waals surface area contributed by atoms with E-state index in [1.165, 1.54) is 0 Å². The van der Waals surface area contributed by atoms with Gasteiger partial charge in [-0.05, 0) is 26.0 Å². The monoisotopic (exact) mass is 251 g/mol. The molecular formula is C13H21N3O2. The molecule has 0 aromatic heterocycles. The predicted octanol–water partition coefficient (Wildman–Crippen LogP) is 1.56. The lowest BCUT2D eigenvalue weighted by Gasteiger charge is -2.19. The lowest BCUT2D eigenvalue weighted by Crippen LogP contribution is -2.35. The zero-order valence-electron chi connectivity index (χ0n) is 11.2. The van der Waals surface area contributed by atoms with E-state index in [0.717, 1.165) is 5.69 Å². The third kappa shape index (κ3) is 3.29. The zero-order valence-corrected chi connectivity index (χ0v) is 11.2. The van der Waals surface area contributed by atoms with Crippen molar-refractivity contribution in [2.75, 3.05) is 37.8 Å². The van der Waals surface area contributed by atoms with E-state index in [-0.39, 0.29) is 12.5 Å². The topological polar surface area (TPSA) is 67.6 Å². The summed E-state index contributed by atoms with van der Waals surface area (Å²) in [6, 6.07) is 5.44. The van der Waals surface area contributed by atoms with Crippen LogP contribution in [0.15, 0.2) is 18.2 Å². The third-order valence-electron chi connectivity index (χ3n) is 2.83. The van der Waals surface area contributed by atoms with Crippen molar-refractivity contribution < 1.29 is 9.53 Å². The van der Waals surface area contributed by atoms with Crippen LogP contribution in [0.2, 0.25) is 0 Å². The first-order valence-corrected chi connectivity index (χ1v) is 6.08. The Morgan fingerprint density at radius 1 is 1.39 bits per heavy atom. The van der Waals surface area contributed by atoms with E-state index >= 15 is 0 Å². The van der Waals surface area contributed by atoms with Gasteiger partial charge in [0.15, 0.2) is 0 Å². The average molecular weight is 251 g/mol. The highest BCUT2D eigenvalue weighted by Crippen LogP contribution is 2.28. The molecule has 0 atom stereocenters. The highest BCUT2D eigenvalue weighted by molar-refractivity contribution is 5.83. The Bertz CT molecular complexity index is 403. The molecule has 0 aliphatic carbocycles. The van der Waals surface area contributed by atoms with Crippen LogP contribution in [0.5, 0.6) is 5.75 Å². The smallest absolute Gasteiger partial charge is 0.241 e. The summed E-state index contributed by atoms with van der Waals surface area (Å²) in [5.41, 5.74) is 7.15. The summed E-state index contributed by atoms with van der Waals surface area (Å²) in [6.45, 7) is 5.58. The number of likely N-dealkylation sites (N-methyl/N-ethyl adjacent to an activating group) is 1. The summed E-state index contributed by atoms with van der Waals surface area (Å²) in [6.07, 6.45) is 0. The summed E-state index contributed by atoms with van der Waals surface area (Å²) in [5, 5.41) is 3.04. The minimum absolute atomic E-state index is 0.0576. The Hall–Kier alpha value is -1.91. The van der Waals surface area contributed by atoms with E-state index in [0.29, 0.717) is 24.5 Å². The number of para-hydroxylation sites is 1. The second-order valence-electron chi connectivity index (χ2n) is 3.84. The number of ether oxygens (including phenoxy) is 1. The number of anilines is 2. The highest BCUT2D eigenvalue weighted by Gasteiger charge is 2.10. The van der Waals surface area contributed by atoms with Gasteiger partial charge in [0.25, 0.3) is 0 Å². The largest absolute Gasteiger partial charge is 0.495 e. The summed E-state index contributed by atoms with van der Waals surface area (Å²) < 4.78 is 5.12. The van der Waals surface area contributed by atoms with Gasteiger partial charge in [-0.25, -0.2) is 0 Å². The quantitative estimate of drug-likeness (QED) is 0.753. The number of nitrogens with one attached hydrogen (secondary N) is 1. The normalized spacial score (nSPS) is 9.94. The Morgan fingerprint density at radius 2 is 2.06 bits per heavy atom. The number of amides is 1. The lowest BCUT2D eigenvalue weighted by molar-refractivity contribution is -0.128. The number of methoxy groups -OCH3 is 1. The van der Waals surface area contributed by atoms with Gasteiger partial charge in [0.05, 0.1) is 25.0 Å². The Kier molecular flexibility index (Phi) is 5.30. The fourth-order valence-electron chi connectivity index (χ4n) is 1.74. The van der Waals surface area contributed by atoms with E-state index in [4.69, 9.17) is 10.5 Å². The molecule has 0 heterocycles. The number of carbonyl (C=O) groups is 1. The van der Waals surface area contributed by atoms with Crippen LogP contribution < -0.4 is 15.8 Å². The maximum atomic E-state index is 11.8. The molecular weight excluding hydrogens is 230 g/mol. The van der Waals surface area contributed by atoms with Crippen molar-refractivity contribution in [3.05, 3.63) is 18.2 Å². The molecule has 5 nitrogen and oxygen atoms in total. The summed E-state index contributed by atoms with van der Waals surface area (Å²) >= 11 is 0. The van der Waals surface area contributed by atoms with E-state index in [1.54, 1.807) is 18.1 Å². The molecule has 0 bridgehead atoms. The first-order valence-electron chi connectivity index (χ1n) is 6.08. The number of nitrogens with two attached hydrogens (primary N) is 1. The lowest BCUT2D eigenvalue weighted by atomic mass is 10.2. The maximum absolute atomic E-state index is 11.8. The van der Waals surface area contributed by atoms with Gasteiger partial charge in [-0.15, -0.1) is 0 Å². The second kappa shape index (κ2) is 6.74. The molecule has 3 N–H and O–H groups in total. The van der Waals surface area contributed by atoms with Crippen LogP contribution in [-0.4, -0.2) is 37.6 Å². The van der Waals surface area contributed by atoms with Crippen molar-refractivity contribution >= 4 is 17.3 Å². The number of hydrogen-bond donors (Lipinski definition) is 2. The predicted molar refractivity (Wildman–Crippen MR) is 73.8 cm³/mol. The Labute approximate surface area is 108 Å². The first-order chi connectivity index (χ1) is 8.63. The molecule has 1 rings (SSSR count). The molecule has 0 unspecified atom stereocenters. The molecule has 1 amide bonds. The highest BCUT2D eigenvalue weighted by atomic mass is 16.5. The Morgan fingerprint density at radius 3 is 2.61 bits per heavy atom. The van der Waals surface area contributed by atoms with Crippen LogP contribution in [0.3, 0.4) is 0 Å². The van der Waals surface area contributed by atoms with Gasteiger partial charge in [-0.3, -0.25) is 4.79 Å². The third-order valence-corrected chi connectivity index (χ3v) is 2.83. The van der Waals surface area contributed by atoms with E-state index in [2.05, 4.69) is 5.32 Å².